The van der Waals surface area contributed by atoms with Gasteiger partial charge in [0.15, 0.2) is 5.25 Å². The average Bonchev–Trinajstić information content (AvgIpc) is 2.92. The zero-order valence-electron chi connectivity index (χ0n) is 10.6. The second-order valence-corrected chi connectivity index (χ2v) is 6.13. The fraction of sp³-hybridized carbons (Fsp3) is 0.167. The van der Waals surface area contributed by atoms with E-state index in [4.69, 9.17) is 5.11 Å². The number of aromatic nitrogens is 2. The van der Waals surface area contributed by atoms with E-state index in [2.05, 4.69) is 9.82 Å². The zero-order valence-corrected chi connectivity index (χ0v) is 11.4. The van der Waals surface area contributed by atoms with Crippen LogP contribution in [0.15, 0.2) is 42.7 Å². The third kappa shape index (κ3) is 2.97. The number of sulfonamides is 1. The number of carboxylic acids is 1. The summed E-state index contributed by atoms with van der Waals surface area (Å²) in [5.74, 6) is -1.40. The Morgan fingerprint density at radius 1 is 1.35 bits per heavy atom. The molecule has 2 aromatic rings. The van der Waals surface area contributed by atoms with Gasteiger partial charge in [-0.05, 0) is 37.3 Å². The van der Waals surface area contributed by atoms with Crippen molar-refractivity contribution in [3.05, 3.63) is 42.7 Å². The lowest BCUT2D eigenvalue weighted by atomic mass is 10.3. The molecule has 1 aromatic carbocycles. The first-order valence-corrected chi connectivity index (χ1v) is 7.29. The SMILES string of the molecule is CC(C(=O)O)S(=O)(=O)Nc1ccc(-n2cccn2)cc1. The van der Waals surface area contributed by atoms with Crippen LogP contribution in [-0.2, 0) is 14.8 Å². The first kappa shape index (κ1) is 14.1. The third-order valence-corrected chi connectivity index (χ3v) is 4.36. The summed E-state index contributed by atoms with van der Waals surface area (Å²) >= 11 is 0. The number of carboxylic acid groups (broad SMARTS) is 1. The van der Waals surface area contributed by atoms with Crippen LogP contribution in [0.4, 0.5) is 5.69 Å². The molecule has 0 aliphatic rings. The van der Waals surface area contributed by atoms with E-state index in [1.54, 1.807) is 47.4 Å². The molecule has 2 N–H and O–H groups in total. The minimum absolute atomic E-state index is 0.300. The summed E-state index contributed by atoms with van der Waals surface area (Å²) in [5, 5.41) is 11.3. The van der Waals surface area contributed by atoms with Gasteiger partial charge in [0.05, 0.1) is 5.69 Å². The largest absolute Gasteiger partial charge is 0.480 e. The van der Waals surface area contributed by atoms with Gasteiger partial charge in [-0.25, -0.2) is 13.1 Å². The van der Waals surface area contributed by atoms with Crippen LogP contribution >= 0.6 is 0 Å². The monoisotopic (exact) mass is 295 g/mol. The van der Waals surface area contributed by atoms with Crippen LogP contribution in [0.5, 0.6) is 0 Å². The fourth-order valence-electron chi connectivity index (χ4n) is 1.49. The lowest BCUT2D eigenvalue weighted by Gasteiger charge is -2.11. The van der Waals surface area contributed by atoms with Gasteiger partial charge < -0.3 is 5.11 Å². The minimum Gasteiger partial charge on any atom is -0.480 e. The summed E-state index contributed by atoms with van der Waals surface area (Å²) in [6.45, 7) is 1.11. The zero-order chi connectivity index (χ0) is 14.8. The van der Waals surface area contributed by atoms with Crippen molar-refractivity contribution in [1.29, 1.82) is 0 Å². The Kier molecular flexibility index (Phi) is 3.75. The number of carbonyl (C=O) groups is 1. The Bertz CT molecular complexity index is 693. The maximum atomic E-state index is 11.7. The first-order valence-electron chi connectivity index (χ1n) is 5.74. The van der Waals surface area contributed by atoms with Crippen LogP contribution in [0.25, 0.3) is 5.69 Å². The van der Waals surface area contributed by atoms with E-state index >= 15 is 0 Å². The maximum absolute atomic E-state index is 11.7. The number of hydrogen-bond acceptors (Lipinski definition) is 4. The molecule has 8 heteroatoms. The molecule has 0 saturated heterocycles. The Hall–Kier alpha value is -2.35. The molecule has 0 saturated carbocycles. The quantitative estimate of drug-likeness (QED) is 0.859. The maximum Gasteiger partial charge on any atom is 0.323 e. The van der Waals surface area contributed by atoms with E-state index in [9.17, 15) is 13.2 Å². The number of nitrogens with zero attached hydrogens (tertiary/aromatic N) is 2. The van der Waals surface area contributed by atoms with E-state index < -0.39 is 21.2 Å². The summed E-state index contributed by atoms with van der Waals surface area (Å²) in [6.07, 6.45) is 3.39. The molecule has 106 valence electrons. The highest BCUT2D eigenvalue weighted by atomic mass is 32.2. The van der Waals surface area contributed by atoms with E-state index in [0.29, 0.717) is 5.69 Å². The number of anilines is 1. The number of nitrogens with one attached hydrogen (secondary N) is 1. The van der Waals surface area contributed by atoms with Gasteiger partial charge in [-0.15, -0.1) is 0 Å². The third-order valence-electron chi connectivity index (χ3n) is 2.71. The molecule has 0 fully saturated rings. The van der Waals surface area contributed by atoms with Gasteiger partial charge in [-0.2, -0.15) is 5.10 Å². The molecule has 0 bridgehead atoms. The average molecular weight is 295 g/mol. The molecule has 0 aliphatic heterocycles. The van der Waals surface area contributed by atoms with Crippen molar-refractivity contribution in [1.82, 2.24) is 9.78 Å². The Morgan fingerprint density at radius 3 is 2.50 bits per heavy atom. The van der Waals surface area contributed by atoms with Crippen LogP contribution < -0.4 is 4.72 Å². The number of benzene rings is 1. The molecule has 1 unspecified atom stereocenters. The van der Waals surface area contributed by atoms with E-state index in [0.717, 1.165) is 12.6 Å². The van der Waals surface area contributed by atoms with Crippen LogP contribution in [0.3, 0.4) is 0 Å². The van der Waals surface area contributed by atoms with Gasteiger partial charge in [0.25, 0.3) is 0 Å². The molecule has 2 rings (SSSR count). The molecular weight excluding hydrogens is 282 g/mol. The lowest BCUT2D eigenvalue weighted by molar-refractivity contribution is -0.136. The van der Waals surface area contributed by atoms with Crippen LogP contribution in [-0.4, -0.2) is 34.5 Å². The minimum atomic E-state index is -3.95. The standard InChI is InChI=1S/C12H13N3O4S/c1-9(12(16)17)20(18,19)14-10-3-5-11(6-4-10)15-8-2-7-13-15/h2-9,14H,1H3,(H,16,17). The first-order chi connectivity index (χ1) is 9.40. The van der Waals surface area contributed by atoms with Crippen molar-refractivity contribution in [2.24, 2.45) is 0 Å². The Labute approximate surface area is 115 Å². The van der Waals surface area contributed by atoms with Crippen LogP contribution in [0.1, 0.15) is 6.92 Å². The molecule has 0 amide bonds. The van der Waals surface area contributed by atoms with E-state index in [-0.39, 0.29) is 0 Å². The van der Waals surface area contributed by atoms with Crippen LogP contribution in [0, 0.1) is 0 Å². The normalized spacial score (nSPS) is 12.8. The number of rotatable bonds is 5. The number of hydrogen-bond donors (Lipinski definition) is 2. The topological polar surface area (TPSA) is 101 Å². The molecule has 20 heavy (non-hydrogen) atoms. The summed E-state index contributed by atoms with van der Waals surface area (Å²) in [7, 11) is -3.95. The highest BCUT2D eigenvalue weighted by molar-refractivity contribution is 7.94. The van der Waals surface area contributed by atoms with Crippen molar-refractivity contribution in [3.8, 4) is 5.69 Å². The number of aliphatic carboxylic acids is 1. The molecule has 7 nitrogen and oxygen atoms in total. The molecule has 1 heterocycles. The van der Waals surface area contributed by atoms with Crippen LogP contribution in [0.2, 0.25) is 0 Å². The van der Waals surface area contributed by atoms with Gasteiger partial charge in [-0.1, -0.05) is 0 Å². The molecule has 0 radical (unpaired) electrons. The van der Waals surface area contributed by atoms with Gasteiger partial charge in [-0.3, -0.25) is 9.52 Å². The van der Waals surface area contributed by atoms with Gasteiger partial charge in [0, 0.05) is 18.1 Å². The Morgan fingerprint density at radius 2 is 2.00 bits per heavy atom. The fourth-order valence-corrected chi connectivity index (χ4v) is 2.40. The van der Waals surface area contributed by atoms with E-state index in [1.807, 2.05) is 0 Å². The predicted octanol–water partition coefficient (Wildman–Crippen LogP) is 1.09. The second-order valence-electron chi connectivity index (χ2n) is 4.13. The van der Waals surface area contributed by atoms with E-state index in [1.165, 1.54) is 0 Å². The second kappa shape index (κ2) is 5.33. The molecule has 1 atom stereocenters. The van der Waals surface area contributed by atoms with Crippen molar-refractivity contribution < 1.29 is 18.3 Å². The molecule has 0 spiro atoms. The lowest BCUT2D eigenvalue weighted by Crippen LogP contribution is -2.32. The summed E-state index contributed by atoms with van der Waals surface area (Å²) < 4.78 is 27.3. The Balaban J connectivity index is 2.18. The van der Waals surface area contributed by atoms with Gasteiger partial charge in [0.2, 0.25) is 10.0 Å². The molecule has 0 aliphatic carbocycles. The smallest absolute Gasteiger partial charge is 0.323 e. The van der Waals surface area contributed by atoms with Crippen molar-refractivity contribution in [2.75, 3.05) is 4.72 Å². The highest BCUT2D eigenvalue weighted by Gasteiger charge is 2.27. The van der Waals surface area contributed by atoms with Crippen molar-refractivity contribution >= 4 is 21.7 Å². The molecular formula is C12H13N3O4S. The van der Waals surface area contributed by atoms with Gasteiger partial charge >= 0.3 is 5.97 Å². The highest BCUT2D eigenvalue weighted by Crippen LogP contribution is 2.15. The summed E-state index contributed by atoms with van der Waals surface area (Å²) in [6, 6.07) is 8.21. The summed E-state index contributed by atoms with van der Waals surface area (Å²) in [5.41, 5.74) is 1.07. The predicted molar refractivity (Wildman–Crippen MR) is 73.2 cm³/mol. The van der Waals surface area contributed by atoms with Crippen molar-refractivity contribution in [3.63, 3.8) is 0 Å². The van der Waals surface area contributed by atoms with Gasteiger partial charge in [0.1, 0.15) is 0 Å². The van der Waals surface area contributed by atoms with Crippen molar-refractivity contribution in [2.45, 2.75) is 12.2 Å². The molecule has 1 aromatic heterocycles. The summed E-state index contributed by atoms with van der Waals surface area (Å²) in [4.78, 5) is 10.7.